The molecule has 0 bridgehead atoms. The predicted octanol–water partition coefficient (Wildman–Crippen LogP) is 5.87. The van der Waals surface area contributed by atoms with Crippen molar-refractivity contribution in [2.75, 3.05) is 4.30 Å². The maximum Gasteiger partial charge on any atom is 0.412 e. The average Bonchev–Trinajstić information content (AvgIpc) is 2.65. The second kappa shape index (κ2) is 8.85. The Hall–Kier alpha value is -2.34. The normalized spacial score (nSPS) is 10.9. The van der Waals surface area contributed by atoms with Gasteiger partial charge in [-0.25, -0.2) is 0 Å². The van der Waals surface area contributed by atoms with E-state index in [1.165, 1.54) is 27.9 Å². The number of rotatable bonds is 6. The summed E-state index contributed by atoms with van der Waals surface area (Å²) in [7, 11) is 0. The first kappa shape index (κ1) is 18.5. The van der Waals surface area contributed by atoms with Crippen molar-refractivity contribution < 1.29 is 0 Å². The van der Waals surface area contributed by atoms with E-state index >= 15 is 0 Å². The molecule has 1 N–H and O–H groups in total. The highest BCUT2D eigenvalue weighted by atomic mass is 27.2. The Labute approximate surface area is 161 Å². The zero-order valence-corrected chi connectivity index (χ0v) is 16.9. The van der Waals surface area contributed by atoms with Crippen LogP contribution in [0.3, 0.4) is 0 Å². The Bertz CT molecular complexity index is 867. The second-order valence-electron chi connectivity index (χ2n) is 6.81. The van der Waals surface area contributed by atoms with Gasteiger partial charge in [-0.15, -0.1) is 0 Å². The molecule has 3 rings (SSSR count). The van der Waals surface area contributed by atoms with Crippen LogP contribution >= 0.6 is 0 Å². The van der Waals surface area contributed by atoms with Gasteiger partial charge >= 0.3 is 14.4 Å². The first-order valence-electron chi connectivity index (χ1n) is 9.13. The molecule has 26 heavy (non-hydrogen) atoms. The van der Waals surface area contributed by atoms with Gasteiger partial charge in [0.1, 0.15) is 0 Å². The van der Waals surface area contributed by atoms with Crippen molar-refractivity contribution in [3.8, 4) is 0 Å². The standard InChI is InChI=1S/C14H12N.C8H10N.CH3.Al/c1-12-7-5-6-8-13(12)11-15-14-9-3-2-4-10-14;1-6-4-3-5-7(2)8(6)9;;/h2-11H,1H2;3-5,9H,1-2H3;1H3;/q;-1;;+1. The topological polar surface area (TPSA) is 24.4 Å². The third kappa shape index (κ3) is 4.85. The molecule has 3 heteroatoms. The molecule has 130 valence electrons. The molecule has 0 radical (unpaired) electrons. The summed E-state index contributed by atoms with van der Waals surface area (Å²) in [6.07, 6.45) is 1.99. The van der Waals surface area contributed by atoms with Gasteiger partial charge in [0, 0.05) is 11.9 Å². The van der Waals surface area contributed by atoms with E-state index in [1.54, 1.807) is 0 Å². The van der Waals surface area contributed by atoms with E-state index in [-0.39, 0.29) is 0 Å². The summed E-state index contributed by atoms with van der Waals surface area (Å²) in [6.45, 7) is 4.35. The third-order valence-electron chi connectivity index (χ3n) is 4.56. The Morgan fingerprint density at radius 2 is 1.50 bits per heavy atom. The van der Waals surface area contributed by atoms with Gasteiger partial charge in [0.05, 0.1) is 5.69 Å². The zero-order chi connectivity index (χ0) is 18.4. The van der Waals surface area contributed by atoms with Gasteiger partial charge < -0.3 is 4.30 Å². The van der Waals surface area contributed by atoms with Crippen LogP contribution in [-0.4, -0.2) is 20.6 Å². The summed E-state index contributed by atoms with van der Waals surface area (Å²) in [6, 6.07) is 25.2. The van der Waals surface area contributed by atoms with Crippen molar-refractivity contribution in [1.29, 1.82) is 0 Å². The highest BCUT2D eigenvalue weighted by Gasteiger charge is 2.16. The van der Waals surface area contributed by atoms with E-state index in [4.69, 9.17) is 0 Å². The summed E-state index contributed by atoms with van der Waals surface area (Å²) >= 11 is -1.15. The molecule has 0 heterocycles. The number of anilines is 1. The number of nitrogens with zero attached hydrogens (tertiary/aromatic N) is 1. The van der Waals surface area contributed by atoms with E-state index in [0.29, 0.717) is 0 Å². The van der Waals surface area contributed by atoms with Gasteiger partial charge in [-0.3, -0.25) is 4.99 Å². The monoisotopic (exact) mass is 356 g/mol. The van der Waals surface area contributed by atoms with E-state index < -0.39 is 14.4 Å². The summed E-state index contributed by atoms with van der Waals surface area (Å²) in [5.41, 5.74) is 7.51. The number of nitrogens with one attached hydrogen (secondary N) is 1. The van der Waals surface area contributed by atoms with E-state index in [0.717, 1.165) is 11.0 Å². The van der Waals surface area contributed by atoms with Crippen LogP contribution in [0.15, 0.2) is 77.8 Å². The fraction of sp³-hybridized carbons (Fsp3) is 0.174. The van der Waals surface area contributed by atoms with E-state index in [2.05, 4.69) is 71.4 Å². The molecule has 3 aromatic carbocycles. The Morgan fingerprint density at radius 3 is 2.23 bits per heavy atom. The molecule has 0 saturated heterocycles. The van der Waals surface area contributed by atoms with Gasteiger partial charge in [-0.05, 0) is 48.0 Å². The molecule has 0 fully saturated rings. The molecule has 3 aromatic rings. The molecular formula is C23H25AlN2. The smallest absolute Gasteiger partial charge is 0.412 e. The van der Waals surface area contributed by atoms with Crippen LogP contribution in [0.25, 0.3) is 0 Å². The van der Waals surface area contributed by atoms with Gasteiger partial charge in [0.2, 0.25) is 0 Å². The van der Waals surface area contributed by atoms with Gasteiger partial charge in [-0.1, -0.05) is 72.0 Å². The molecule has 0 atom stereocenters. The molecule has 0 spiro atoms. The lowest BCUT2D eigenvalue weighted by molar-refractivity contribution is 1.31. The van der Waals surface area contributed by atoms with Gasteiger partial charge in [-0.2, -0.15) is 0 Å². The highest BCUT2D eigenvalue weighted by molar-refractivity contribution is 6.60. The second-order valence-corrected chi connectivity index (χ2v) is 9.31. The minimum Gasteiger partial charge on any atom is -0.476 e. The largest absolute Gasteiger partial charge is 0.476 e. The van der Waals surface area contributed by atoms with Crippen LogP contribution in [0.4, 0.5) is 11.4 Å². The Morgan fingerprint density at radius 1 is 0.846 bits per heavy atom. The van der Waals surface area contributed by atoms with Crippen molar-refractivity contribution in [3.63, 3.8) is 0 Å². The van der Waals surface area contributed by atoms with Crippen molar-refractivity contribution in [3.05, 3.63) is 95.1 Å². The molecular weight excluding hydrogens is 331 g/mol. The fourth-order valence-corrected chi connectivity index (χ4v) is 5.26. The number of hydrogen-bond acceptors (Lipinski definition) is 2. The molecule has 0 aliphatic carbocycles. The minimum atomic E-state index is -1.15. The highest BCUT2D eigenvalue weighted by Crippen LogP contribution is 2.21. The van der Waals surface area contributed by atoms with Crippen LogP contribution < -0.4 is 4.30 Å². The van der Waals surface area contributed by atoms with Crippen molar-refractivity contribution in [1.82, 2.24) is 0 Å². The molecule has 0 aliphatic rings. The maximum atomic E-state index is 4.63. The van der Waals surface area contributed by atoms with E-state index in [1.807, 2.05) is 36.5 Å². The molecule has 0 aliphatic heterocycles. The van der Waals surface area contributed by atoms with Crippen molar-refractivity contribution >= 4 is 32.0 Å². The first-order chi connectivity index (χ1) is 12.6. The summed E-state index contributed by atoms with van der Waals surface area (Å²) in [5.74, 6) is 2.37. The van der Waals surface area contributed by atoms with Crippen LogP contribution in [0.5, 0.6) is 0 Å². The quantitative estimate of drug-likeness (QED) is 0.433. The zero-order valence-electron chi connectivity index (χ0n) is 15.7. The Kier molecular flexibility index (Phi) is 6.28. The lowest BCUT2D eigenvalue weighted by Crippen LogP contribution is -2.25. The van der Waals surface area contributed by atoms with Gasteiger partial charge in [0.15, 0.2) is 0 Å². The summed E-state index contributed by atoms with van der Waals surface area (Å²) in [4.78, 5) is 4.63. The minimum absolute atomic E-state index is 0.987. The van der Waals surface area contributed by atoms with Crippen molar-refractivity contribution in [2.45, 2.75) is 24.9 Å². The number of aliphatic imine (C=N–C) groups is 1. The lowest BCUT2D eigenvalue weighted by atomic mass is 10.1. The van der Waals surface area contributed by atoms with Gasteiger partial charge in [0.25, 0.3) is 0 Å². The SMILES string of the molecule is Cc1cccc(C)c1[NH][Al]([CH3])[CH2]c1ccccc1C=Nc1ccccc1. The summed E-state index contributed by atoms with van der Waals surface area (Å²) in [5, 5.41) is 1.09. The number of aryl methyl sites for hydroxylation is 2. The molecule has 0 unspecified atom stereocenters. The maximum absolute atomic E-state index is 4.63. The molecule has 0 amide bonds. The molecule has 0 aromatic heterocycles. The van der Waals surface area contributed by atoms with Crippen LogP contribution in [-0.2, 0) is 5.28 Å². The average molecular weight is 356 g/mol. The summed E-state index contributed by atoms with van der Waals surface area (Å²) < 4.78 is 3.82. The van der Waals surface area contributed by atoms with Crippen LogP contribution in [0.2, 0.25) is 5.79 Å². The number of para-hydroxylation sites is 2. The Balaban J connectivity index is 1.75. The van der Waals surface area contributed by atoms with E-state index in [9.17, 15) is 0 Å². The predicted molar refractivity (Wildman–Crippen MR) is 115 cm³/mol. The van der Waals surface area contributed by atoms with Crippen molar-refractivity contribution in [2.24, 2.45) is 4.99 Å². The van der Waals surface area contributed by atoms with Crippen LogP contribution in [0, 0.1) is 13.8 Å². The molecule has 0 saturated carbocycles. The van der Waals surface area contributed by atoms with Crippen LogP contribution in [0.1, 0.15) is 22.3 Å². The molecule has 2 nitrogen and oxygen atoms in total. The number of hydrogen-bond donors (Lipinski definition) is 1. The fourth-order valence-electron chi connectivity index (χ4n) is 3.17. The lowest BCUT2D eigenvalue weighted by Gasteiger charge is -2.17. The number of benzene rings is 3. The first-order valence-corrected chi connectivity index (χ1v) is 11.7. The third-order valence-corrected chi connectivity index (χ3v) is 6.40.